The Morgan fingerprint density at radius 3 is 2.47 bits per heavy atom. The first-order valence-electron chi connectivity index (χ1n) is 11.2. The molecule has 0 radical (unpaired) electrons. The van der Waals surface area contributed by atoms with Crippen LogP contribution >= 0.6 is 12.4 Å². The van der Waals surface area contributed by atoms with Gasteiger partial charge in [-0.1, -0.05) is 24.3 Å². The van der Waals surface area contributed by atoms with Gasteiger partial charge in [-0.25, -0.2) is 4.39 Å². The van der Waals surface area contributed by atoms with Crippen LogP contribution in [-0.4, -0.2) is 47.0 Å². The molecule has 170 valence electrons. The van der Waals surface area contributed by atoms with Gasteiger partial charge in [-0.2, -0.15) is 0 Å². The van der Waals surface area contributed by atoms with E-state index in [1.54, 1.807) is 12.1 Å². The molecule has 0 spiro atoms. The molecule has 1 atom stereocenters. The van der Waals surface area contributed by atoms with Gasteiger partial charge in [0.05, 0.1) is 0 Å². The van der Waals surface area contributed by atoms with Crippen molar-refractivity contribution in [1.29, 1.82) is 0 Å². The number of nitrogens with two attached hydrogens (primary N) is 1. The average Bonchev–Trinajstić information content (AvgIpc) is 3.41. The second-order valence-electron chi connectivity index (χ2n) is 9.01. The third kappa shape index (κ3) is 4.82. The number of halogens is 2. The molecule has 1 aromatic heterocycles. The summed E-state index contributed by atoms with van der Waals surface area (Å²) in [5.74, 6) is -0.307. The van der Waals surface area contributed by atoms with Crippen molar-refractivity contribution in [3.8, 4) is 11.1 Å². The minimum atomic E-state index is -0.249. The van der Waals surface area contributed by atoms with Crippen LogP contribution in [0.25, 0.3) is 22.0 Å². The lowest BCUT2D eigenvalue weighted by atomic mass is 9.91. The van der Waals surface area contributed by atoms with Gasteiger partial charge >= 0.3 is 0 Å². The van der Waals surface area contributed by atoms with E-state index >= 15 is 0 Å². The van der Waals surface area contributed by atoms with Crippen molar-refractivity contribution in [2.24, 2.45) is 5.73 Å². The number of likely N-dealkylation sites (tertiary alicyclic amines) is 1. The topological polar surface area (TPSA) is 74.2 Å². The second kappa shape index (κ2) is 9.61. The molecule has 5 nitrogen and oxygen atoms in total. The zero-order valence-corrected chi connectivity index (χ0v) is 18.8. The molecule has 2 aromatic carbocycles. The fourth-order valence-electron chi connectivity index (χ4n) is 5.04. The van der Waals surface area contributed by atoms with Gasteiger partial charge in [0.25, 0.3) is 5.91 Å². The van der Waals surface area contributed by atoms with E-state index in [0.29, 0.717) is 17.8 Å². The van der Waals surface area contributed by atoms with Gasteiger partial charge in [-0.15, -0.1) is 12.4 Å². The van der Waals surface area contributed by atoms with E-state index in [1.807, 2.05) is 24.3 Å². The van der Waals surface area contributed by atoms with Crippen LogP contribution in [0.2, 0.25) is 0 Å². The maximum Gasteiger partial charge on any atom is 0.267 e. The van der Waals surface area contributed by atoms with Crippen LogP contribution in [0.4, 0.5) is 4.39 Å². The maximum atomic E-state index is 13.2. The quantitative estimate of drug-likeness (QED) is 0.542. The van der Waals surface area contributed by atoms with Crippen molar-refractivity contribution in [1.82, 2.24) is 15.2 Å². The first-order valence-corrected chi connectivity index (χ1v) is 11.2. The number of hydrogen-bond donors (Lipinski definition) is 3. The van der Waals surface area contributed by atoms with E-state index in [1.165, 1.54) is 25.0 Å². The van der Waals surface area contributed by atoms with E-state index < -0.39 is 0 Å². The Morgan fingerprint density at radius 2 is 1.72 bits per heavy atom. The van der Waals surface area contributed by atoms with E-state index in [9.17, 15) is 9.18 Å². The molecule has 1 unspecified atom stereocenters. The fraction of sp³-hybridized carbons (Fsp3) is 0.400. The van der Waals surface area contributed by atoms with E-state index in [-0.39, 0.29) is 30.2 Å². The van der Waals surface area contributed by atoms with Crippen LogP contribution in [0.1, 0.15) is 42.6 Å². The molecule has 5 rings (SSSR count). The summed E-state index contributed by atoms with van der Waals surface area (Å²) in [5, 5.41) is 4.20. The van der Waals surface area contributed by atoms with Gasteiger partial charge in [-0.05, 0) is 67.5 Å². The minimum absolute atomic E-state index is 0. The highest BCUT2D eigenvalue weighted by Gasteiger charge is 2.31. The Hall–Kier alpha value is -2.41. The number of fused-ring (bicyclic) bond motifs is 1. The number of amides is 1. The van der Waals surface area contributed by atoms with E-state index in [2.05, 4.69) is 15.2 Å². The van der Waals surface area contributed by atoms with Crippen LogP contribution in [0.15, 0.2) is 48.5 Å². The van der Waals surface area contributed by atoms with Crippen molar-refractivity contribution in [3.05, 3.63) is 60.0 Å². The molecule has 2 aliphatic rings. The van der Waals surface area contributed by atoms with Gasteiger partial charge in [0.15, 0.2) is 0 Å². The van der Waals surface area contributed by atoms with Crippen molar-refractivity contribution in [2.75, 3.05) is 13.1 Å². The minimum Gasteiger partial charge on any atom is -0.351 e. The van der Waals surface area contributed by atoms with Gasteiger partial charge in [0.2, 0.25) is 0 Å². The number of aromatic amines is 1. The van der Waals surface area contributed by atoms with Gasteiger partial charge in [0.1, 0.15) is 11.5 Å². The third-order valence-corrected chi connectivity index (χ3v) is 6.86. The molecule has 1 saturated carbocycles. The molecular weight excluding hydrogens is 427 g/mol. The Balaban J connectivity index is 0.00000245. The number of hydrogen-bond acceptors (Lipinski definition) is 3. The molecule has 2 heterocycles. The highest BCUT2D eigenvalue weighted by molar-refractivity contribution is 5.99. The van der Waals surface area contributed by atoms with Crippen LogP contribution in [-0.2, 0) is 0 Å². The Labute approximate surface area is 194 Å². The first kappa shape index (κ1) is 22.8. The lowest BCUT2D eigenvalue weighted by Gasteiger charge is -2.33. The number of carbonyl (C=O) groups is 1. The maximum absolute atomic E-state index is 13.2. The molecule has 1 aliphatic heterocycles. The monoisotopic (exact) mass is 456 g/mol. The summed E-state index contributed by atoms with van der Waals surface area (Å²) < 4.78 is 13.2. The summed E-state index contributed by atoms with van der Waals surface area (Å²) in [6.45, 7) is 1.96. The Bertz CT molecular complexity index is 1080. The summed E-state index contributed by atoms with van der Waals surface area (Å²) in [5.41, 5.74) is 9.45. The van der Waals surface area contributed by atoms with Crippen molar-refractivity contribution >= 4 is 29.2 Å². The number of rotatable bonds is 4. The molecule has 32 heavy (non-hydrogen) atoms. The Kier molecular flexibility index (Phi) is 6.84. The molecule has 1 amide bonds. The smallest absolute Gasteiger partial charge is 0.267 e. The normalized spacial score (nSPS) is 23.8. The van der Waals surface area contributed by atoms with Gasteiger partial charge < -0.3 is 16.0 Å². The SMILES string of the molecule is Cl.NC1CCC(N2CCC(NC(=O)c3cc4ccc(-c5ccc(F)cc5)cc4[nH]3)C2)CC1. The van der Waals surface area contributed by atoms with Crippen molar-refractivity contribution in [3.63, 3.8) is 0 Å². The molecule has 7 heteroatoms. The lowest BCUT2D eigenvalue weighted by molar-refractivity contribution is 0.0930. The molecule has 4 N–H and O–H groups in total. The lowest BCUT2D eigenvalue weighted by Crippen LogP contribution is -2.42. The fourth-order valence-corrected chi connectivity index (χ4v) is 5.04. The zero-order valence-electron chi connectivity index (χ0n) is 18.0. The molecule has 0 bridgehead atoms. The number of aromatic nitrogens is 1. The largest absolute Gasteiger partial charge is 0.351 e. The molecule has 1 aliphatic carbocycles. The van der Waals surface area contributed by atoms with Crippen LogP contribution < -0.4 is 11.1 Å². The van der Waals surface area contributed by atoms with Gasteiger partial charge in [0, 0.05) is 42.1 Å². The van der Waals surface area contributed by atoms with Gasteiger partial charge in [-0.3, -0.25) is 9.69 Å². The molecule has 3 aromatic rings. The second-order valence-corrected chi connectivity index (χ2v) is 9.01. The molecule has 1 saturated heterocycles. The number of nitrogens with zero attached hydrogens (tertiary/aromatic N) is 1. The molecule has 2 fully saturated rings. The summed E-state index contributed by atoms with van der Waals surface area (Å²) in [7, 11) is 0. The number of nitrogens with one attached hydrogen (secondary N) is 2. The first-order chi connectivity index (χ1) is 15.0. The van der Waals surface area contributed by atoms with E-state index in [0.717, 1.165) is 54.4 Å². The van der Waals surface area contributed by atoms with Crippen LogP contribution in [0, 0.1) is 5.82 Å². The molecular formula is C25H30ClFN4O. The van der Waals surface area contributed by atoms with Crippen LogP contribution in [0.3, 0.4) is 0 Å². The average molecular weight is 457 g/mol. The summed E-state index contributed by atoms with van der Waals surface area (Å²) in [4.78, 5) is 18.7. The summed E-state index contributed by atoms with van der Waals surface area (Å²) >= 11 is 0. The van der Waals surface area contributed by atoms with Crippen LogP contribution in [0.5, 0.6) is 0 Å². The van der Waals surface area contributed by atoms with E-state index in [4.69, 9.17) is 5.73 Å². The summed E-state index contributed by atoms with van der Waals surface area (Å²) in [6, 6.07) is 15.5. The predicted octanol–water partition coefficient (Wildman–Crippen LogP) is 4.47. The zero-order chi connectivity index (χ0) is 21.4. The highest BCUT2D eigenvalue weighted by atomic mass is 35.5. The number of carbonyl (C=O) groups excluding carboxylic acids is 1. The summed E-state index contributed by atoms with van der Waals surface area (Å²) in [6.07, 6.45) is 5.53. The van der Waals surface area contributed by atoms with Crippen molar-refractivity contribution < 1.29 is 9.18 Å². The number of H-pyrrole nitrogens is 1. The highest BCUT2D eigenvalue weighted by Crippen LogP contribution is 2.27. The standard InChI is InChI=1S/C25H29FN4O.ClH/c26-19-5-3-16(4-6-19)17-1-2-18-14-24(29-23(18)13-17)25(31)28-21-11-12-30(15-21)22-9-7-20(27)8-10-22;/h1-6,13-14,20-22,29H,7-12,15,27H2,(H,28,31);1H. The predicted molar refractivity (Wildman–Crippen MR) is 129 cm³/mol. The van der Waals surface area contributed by atoms with Crippen molar-refractivity contribution in [2.45, 2.75) is 50.2 Å². The Morgan fingerprint density at radius 1 is 1.00 bits per heavy atom. The third-order valence-electron chi connectivity index (χ3n) is 6.86. The number of benzene rings is 2.